The third-order valence-corrected chi connectivity index (χ3v) is 5.02. The van der Waals surface area contributed by atoms with Crippen LogP contribution < -0.4 is 10.6 Å². The highest BCUT2D eigenvalue weighted by Crippen LogP contribution is 2.58. The number of rotatable bonds is 3. The molecule has 1 atom stereocenters. The van der Waals surface area contributed by atoms with Gasteiger partial charge in [0, 0.05) is 18.3 Å². The molecule has 2 aromatic rings. The average molecular weight is 296 g/mol. The molecule has 2 aliphatic rings. The first kappa shape index (κ1) is 13.5. The molecule has 114 valence electrons. The van der Waals surface area contributed by atoms with Crippen LogP contribution in [0, 0.1) is 11.3 Å². The molecular weight excluding hydrogens is 276 g/mol. The van der Waals surface area contributed by atoms with Crippen molar-refractivity contribution >= 4 is 11.6 Å². The number of nitrogens with zero attached hydrogens (tertiary/aromatic N) is 2. The molecule has 22 heavy (non-hydrogen) atoms. The van der Waals surface area contributed by atoms with Crippen molar-refractivity contribution in [2.45, 2.75) is 19.3 Å². The SMILES string of the molecule is O=C(Nc1ccccc1-n1cccn1)C1CC12CCNCC2. The zero-order chi connectivity index (χ0) is 15.0. The minimum Gasteiger partial charge on any atom is -0.324 e. The number of carbonyl (C=O) groups excluding carboxylic acids is 1. The van der Waals surface area contributed by atoms with Crippen LogP contribution in [0.4, 0.5) is 5.69 Å². The van der Waals surface area contributed by atoms with Crippen molar-refractivity contribution in [1.29, 1.82) is 0 Å². The van der Waals surface area contributed by atoms with Crippen LogP contribution in [0.5, 0.6) is 0 Å². The van der Waals surface area contributed by atoms with E-state index in [9.17, 15) is 4.79 Å². The fourth-order valence-corrected chi connectivity index (χ4v) is 3.61. The predicted molar refractivity (Wildman–Crippen MR) is 84.8 cm³/mol. The van der Waals surface area contributed by atoms with Gasteiger partial charge in [-0.3, -0.25) is 4.79 Å². The van der Waals surface area contributed by atoms with E-state index in [2.05, 4.69) is 15.7 Å². The molecule has 4 rings (SSSR count). The Kier molecular flexibility index (Phi) is 3.22. The topological polar surface area (TPSA) is 59.0 Å². The second-order valence-corrected chi connectivity index (χ2v) is 6.33. The quantitative estimate of drug-likeness (QED) is 0.913. The van der Waals surface area contributed by atoms with E-state index in [0.29, 0.717) is 0 Å². The number of anilines is 1. The Bertz CT molecular complexity index is 674. The lowest BCUT2D eigenvalue weighted by molar-refractivity contribution is -0.118. The van der Waals surface area contributed by atoms with Crippen molar-refractivity contribution in [2.24, 2.45) is 11.3 Å². The molecule has 1 amide bonds. The first-order valence-electron chi connectivity index (χ1n) is 7.89. The summed E-state index contributed by atoms with van der Waals surface area (Å²) in [6.45, 7) is 2.07. The average Bonchev–Trinajstić information content (AvgIpc) is 2.99. The first-order valence-corrected chi connectivity index (χ1v) is 7.89. The Balaban J connectivity index is 1.51. The van der Waals surface area contributed by atoms with Gasteiger partial charge in [0.15, 0.2) is 0 Å². The lowest BCUT2D eigenvalue weighted by atomic mass is 9.92. The van der Waals surface area contributed by atoms with E-state index in [1.165, 1.54) is 0 Å². The van der Waals surface area contributed by atoms with E-state index >= 15 is 0 Å². The molecule has 2 N–H and O–H groups in total. The van der Waals surface area contributed by atoms with Gasteiger partial charge < -0.3 is 10.6 Å². The van der Waals surface area contributed by atoms with Gasteiger partial charge in [-0.25, -0.2) is 4.68 Å². The fraction of sp³-hybridized carbons (Fsp3) is 0.412. The molecule has 2 fully saturated rings. The van der Waals surface area contributed by atoms with Gasteiger partial charge in [-0.15, -0.1) is 0 Å². The van der Waals surface area contributed by atoms with Gasteiger partial charge in [-0.1, -0.05) is 12.1 Å². The monoisotopic (exact) mass is 296 g/mol. The van der Waals surface area contributed by atoms with Crippen LogP contribution in [-0.2, 0) is 4.79 Å². The van der Waals surface area contributed by atoms with Crippen molar-refractivity contribution < 1.29 is 4.79 Å². The second-order valence-electron chi connectivity index (χ2n) is 6.33. The maximum atomic E-state index is 12.6. The molecule has 1 saturated carbocycles. The number of carbonyl (C=O) groups is 1. The summed E-state index contributed by atoms with van der Waals surface area (Å²) in [6, 6.07) is 9.68. The summed E-state index contributed by atoms with van der Waals surface area (Å²) in [7, 11) is 0. The van der Waals surface area contributed by atoms with Gasteiger partial charge in [0.2, 0.25) is 5.91 Å². The van der Waals surface area contributed by atoms with Crippen molar-refractivity contribution in [1.82, 2.24) is 15.1 Å². The number of benzene rings is 1. The first-order chi connectivity index (χ1) is 10.8. The van der Waals surface area contributed by atoms with Gasteiger partial charge in [0.1, 0.15) is 0 Å². The van der Waals surface area contributed by atoms with E-state index < -0.39 is 0 Å². The molecule has 2 heterocycles. The number of aromatic nitrogens is 2. The molecular formula is C17H20N4O. The molecule has 1 unspecified atom stereocenters. The lowest BCUT2D eigenvalue weighted by Gasteiger charge is -2.23. The van der Waals surface area contributed by atoms with Crippen LogP contribution in [0.1, 0.15) is 19.3 Å². The summed E-state index contributed by atoms with van der Waals surface area (Å²) in [5, 5.41) is 10.7. The van der Waals surface area contributed by atoms with E-state index in [0.717, 1.165) is 43.7 Å². The zero-order valence-electron chi connectivity index (χ0n) is 12.5. The molecule has 5 heteroatoms. The minimum atomic E-state index is 0.154. The largest absolute Gasteiger partial charge is 0.324 e. The van der Waals surface area contributed by atoms with Crippen LogP contribution in [-0.4, -0.2) is 28.8 Å². The summed E-state index contributed by atoms with van der Waals surface area (Å²) < 4.78 is 1.78. The van der Waals surface area contributed by atoms with Crippen LogP contribution in [0.15, 0.2) is 42.7 Å². The standard InChI is InChI=1S/C17H20N4O/c22-16(13-12-17(13)6-9-18-10-7-17)20-14-4-1-2-5-15(14)21-11-3-8-19-21/h1-5,8,11,13,18H,6-7,9-10,12H2,(H,20,22). The van der Waals surface area contributed by atoms with Gasteiger partial charge in [-0.2, -0.15) is 5.10 Å². The van der Waals surface area contributed by atoms with Crippen molar-refractivity contribution in [3.8, 4) is 5.69 Å². The minimum absolute atomic E-state index is 0.154. The molecule has 0 bridgehead atoms. The normalized spacial score (nSPS) is 22.5. The van der Waals surface area contributed by atoms with E-state index in [1.807, 2.05) is 36.5 Å². The van der Waals surface area contributed by atoms with Crippen molar-refractivity contribution in [3.63, 3.8) is 0 Å². The molecule has 0 radical (unpaired) electrons. The number of para-hydroxylation sites is 2. The molecule has 1 aliphatic heterocycles. The van der Waals surface area contributed by atoms with E-state index in [-0.39, 0.29) is 17.2 Å². The summed E-state index contributed by atoms with van der Waals surface area (Å²) in [4.78, 5) is 12.6. The van der Waals surface area contributed by atoms with Crippen molar-refractivity contribution in [3.05, 3.63) is 42.7 Å². The maximum Gasteiger partial charge on any atom is 0.228 e. The Hall–Kier alpha value is -2.14. The number of hydrogen-bond donors (Lipinski definition) is 2. The molecule has 1 saturated heterocycles. The summed E-state index contributed by atoms with van der Waals surface area (Å²) >= 11 is 0. The number of amides is 1. The van der Waals surface area contributed by atoms with E-state index in [4.69, 9.17) is 0 Å². The summed E-state index contributed by atoms with van der Waals surface area (Å²) in [5.41, 5.74) is 1.99. The van der Waals surface area contributed by atoms with Crippen molar-refractivity contribution in [2.75, 3.05) is 18.4 Å². The molecule has 1 spiro atoms. The maximum absolute atomic E-state index is 12.6. The number of hydrogen-bond acceptors (Lipinski definition) is 3. The van der Waals surface area contributed by atoms with Crippen LogP contribution >= 0.6 is 0 Å². The van der Waals surface area contributed by atoms with E-state index in [1.54, 1.807) is 10.9 Å². The molecule has 5 nitrogen and oxygen atoms in total. The van der Waals surface area contributed by atoms with Crippen LogP contribution in [0.3, 0.4) is 0 Å². The molecule has 1 aromatic heterocycles. The predicted octanol–water partition coefficient (Wildman–Crippen LogP) is 2.20. The molecule has 1 aliphatic carbocycles. The third-order valence-electron chi connectivity index (χ3n) is 5.02. The van der Waals surface area contributed by atoms with Crippen LogP contribution in [0.2, 0.25) is 0 Å². The number of nitrogens with one attached hydrogen (secondary N) is 2. The Labute approximate surface area is 129 Å². The highest BCUT2D eigenvalue weighted by Gasteiger charge is 2.57. The number of piperidine rings is 1. The summed E-state index contributed by atoms with van der Waals surface area (Å²) in [6.07, 6.45) is 6.89. The highest BCUT2D eigenvalue weighted by molar-refractivity contribution is 5.96. The zero-order valence-corrected chi connectivity index (χ0v) is 12.5. The van der Waals surface area contributed by atoms with Gasteiger partial charge in [0.25, 0.3) is 0 Å². The Morgan fingerprint density at radius 1 is 1.27 bits per heavy atom. The second kappa shape index (κ2) is 5.25. The molecule has 1 aromatic carbocycles. The Morgan fingerprint density at radius 3 is 2.86 bits per heavy atom. The van der Waals surface area contributed by atoms with Gasteiger partial charge >= 0.3 is 0 Å². The smallest absolute Gasteiger partial charge is 0.228 e. The highest BCUT2D eigenvalue weighted by atomic mass is 16.2. The lowest BCUT2D eigenvalue weighted by Crippen LogP contribution is -2.31. The fourth-order valence-electron chi connectivity index (χ4n) is 3.61. The summed E-state index contributed by atoms with van der Waals surface area (Å²) in [5.74, 6) is 0.321. The third kappa shape index (κ3) is 2.31. The van der Waals surface area contributed by atoms with Gasteiger partial charge in [-0.05, 0) is 56.0 Å². The Morgan fingerprint density at radius 2 is 2.09 bits per heavy atom. The van der Waals surface area contributed by atoms with Gasteiger partial charge in [0.05, 0.1) is 11.4 Å². The van der Waals surface area contributed by atoms with Crippen LogP contribution in [0.25, 0.3) is 5.69 Å².